The lowest BCUT2D eigenvalue weighted by Gasteiger charge is -2.33. The average Bonchev–Trinajstić information content (AvgIpc) is 2.67. The molecular weight excluding hydrogens is 369 g/mol. The van der Waals surface area contributed by atoms with E-state index in [-0.39, 0.29) is 17.4 Å². The van der Waals surface area contributed by atoms with Crippen LogP contribution in [0.4, 0.5) is 13.2 Å². The van der Waals surface area contributed by atoms with E-state index in [1.807, 2.05) is 6.08 Å². The van der Waals surface area contributed by atoms with E-state index >= 15 is 0 Å². The summed E-state index contributed by atoms with van der Waals surface area (Å²) in [5.74, 6) is -0.739. The molecule has 0 bridgehead atoms. The van der Waals surface area contributed by atoms with Crippen LogP contribution in [-0.4, -0.2) is 17.5 Å². The molecule has 1 aromatic rings. The van der Waals surface area contributed by atoms with Crippen molar-refractivity contribution in [1.29, 1.82) is 0 Å². The fourth-order valence-corrected chi connectivity index (χ4v) is 3.80. The smallest absolute Gasteiger partial charge is 0.325 e. The summed E-state index contributed by atoms with van der Waals surface area (Å²) in [6.07, 6.45) is 4.56. The lowest BCUT2D eigenvalue weighted by atomic mass is 9.77. The number of hydrogen-bond donors (Lipinski definition) is 1. The van der Waals surface area contributed by atoms with Crippen LogP contribution in [-0.2, 0) is 11.0 Å². The maximum absolute atomic E-state index is 12.6. The van der Waals surface area contributed by atoms with Crippen molar-refractivity contribution in [3.05, 3.63) is 70.5 Å². The Labute approximate surface area is 159 Å². The van der Waals surface area contributed by atoms with Gasteiger partial charge in [0.05, 0.1) is 11.3 Å². The number of aliphatic imine (C=N–C) groups is 1. The molecule has 1 atom stereocenters. The second-order valence-corrected chi connectivity index (χ2v) is 7.02. The van der Waals surface area contributed by atoms with Gasteiger partial charge in [0.2, 0.25) is 0 Å². The monoisotopic (exact) mass is 386 g/mol. The van der Waals surface area contributed by atoms with E-state index in [1.165, 1.54) is 0 Å². The number of nitrogens with one attached hydrogen (secondary N) is 1. The molecule has 1 heterocycles. The fourth-order valence-electron chi connectivity index (χ4n) is 3.80. The molecule has 1 aromatic carbocycles. The zero-order chi connectivity index (χ0) is 19.9. The number of carbonyl (C=O) groups is 2. The molecule has 3 aliphatic rings. The zero-order valence-electron chi connectivity index (χ0n) is 14.8. The Morgan fingerprint density at radius 2 is 1.82 bits per heavy atom. The van der Waals surface area contributed by atoms with Crippen molar-refractivity contribution >= 4 is 17.5 Å². The second-order valence-electron chi connectivity index (χ2n) is 7.02. The Hall–Kier alpha value is -2.96. The van der Waals surface area contributed by atoms with Gasteiger partial charge in [-0.05, 0) is 67.7 Å². The number of alkyl halides is 3. The molecule has 2 aliphatic carbocycles. The van der Waals surface area contributed by atoms with Crippen LogP contribution in [0, 0.1) is 5.92 Å². The summed E-state index contributed by atoms with van der Waals surface area (Å²) in [6.45, 7) is 0. The van der Waals surface area contributed by atoms with E-state index in [4.69, 9.17) is 0 Å². The largest absolute Gasteiger partial charge is 0.416 e. The highest BCUT2D eigenvalue weighted by atomic mass is 19.4. The molecule has 1 aliphatic heterocycles. The molecule has 0 spiro atoms. The SMILES string of the molecule is O=C1NC2=CC(=NC(=O)c3ccc(C(F)(F)F)cc3)C=CC2C2=C1CCCC2. The van der Waals surface area contributed by atoms with Crippen molar-refractivity contribution in [2.75, 3.05) is 0 Å². The predicted molar refractivity (Wildman–Crippen MR) is 97.6 cm³/mol. The van der Waals surface area contributed by atoms with Gasteiger partial charge in [-0.25, -0.2) is 4.99 Å². The molecule has 0 saturated heterocycles. The minimum atomic E-state index is -4.45. The minimum absolute atomic E-state index is 0.00637. The summed E-state index contributed by atoms with van der Waals surface area (Å²) in [5, 5.41) is 2.88. The first kappa shape index (κ1) is 18.4. The molecule has 2 amide bonds. The molecule has 4 nitrogen and oxygen atoms in total. The van der Waals surface area contributed by atoms with Crippen molar-refractivity contribution in [2.45, 2.75) is 31.9 Å². The number of allylic oxidation sites excluding steroid dienone is 3. The van der Waals surface area contributed by atoms with Crippen molar-refractivity contribution in [2.24, 2.45) is 10.9 Å². The van der Waals surface area contributed by atoms with Crippen LogP contribution in [0.25, 0.3) is 0 Å². The molecule has 1 N–H and O–H groups in total. The summed E-state index contributed by atoms with van der Waals surface area (Å²) in [5.41, 5.74) is 2.29. The van der Waals surface area contributed by atoms with Crippen molar-refractivity contribution in [1.82, 2.24) is 5.32 Å². The number of benzene rings is 1. The molecule has 0 fully saturated rings. The summed E-state index contributed by atoms with van der Waals surface area (Å²) < 4.78 is 37.9. The van der Waals surface area contributed by atoms with E-state index in [0.29, 0.717) is 11.4 Å². The third-order valence-corrected chi connectivity index (χ3v) is 5.21. The first-order valence-corrected chi connectivity index (χ1v) is 9.06. The number of rotatable bonds is 1. The maximum Gasteiger partial charge on any atom is 0.416 e. The van der Waals surface area contributed by atoms with Crippen molar-refractivity contribution in [3.63, 3.8) is 0 Å². The highest BCUT2D eigenvalue weighted by molar-refractivity contribution is 6.14. The normalized spacial score (nSPS) is 23.1. The first-order valence-electron chi connectivity index (χ1n) is 9.06. The van der Waals surface area contributed by atoms with Crippen LogP contribution >= 0.6 is 0 Å². The van der Waals surface area contributed by atoms with E-state index in [1.54, 1.807) is 12.2 Å². The van der Waals surface area contributed by atoms with E-state index in [0.717, 1.165) is 61.1 Å². The van der Waals surface area contributed by atoms with Gasteiger partial charge in [0.1, 0.15) is 0 Å². The standard InChI is InChI=1S/C21H17F3N2O2/c22-21(23,24)13-7-5-12(6-8-13)19(27)25-14-9-10-16-15-3-1-2-4-17(15)20(28)26-18(16)11-14/h5-11,16H,1-4H2,(H,26,28). The van der Waals surface area contributed by atoms with Gasteiger partial charge < -0.3 is 5.32 Å². The molecule has 4 rings (SSSR count). The third-order valence-electron chi connectivity index (χ3n) is 5.21. The topological polar surface area (TPSA) is 58.5 Å². The summed E-state index contributed by atoms with van der Waals surface area (Å²) in [6, 6.07) is 3.94. The highest BCUT2D eigenvalue weighted by Gasteiger charge is 2.33. The van der Waals surface area contributed by atoms with Gasteiger partial charge >= 0.3 is 6.18 Å². The van der Waals surface area contributed by atoms with Gasteiger partial charge in [-0.3, -0.25) is 9.59 Å². The number of nitrogens with zero attached hydrogens (tertiary/aromatic N) is 1. The Balaban J connectivity index is 1.57. The summed E-state index contributed by atoms with van der Waals surface area (Å²) in [7, 11) is 0. The molecule has 1 unspecified atom stereocenters. The fraction of sp³-hybridized carbons (Fsp3) is 0.286. The number of halogens is 3. The van der Waals surface area contributed by atoms with Crippen LogP contribution in [0.5, 0.6) is 0 Å². The number of amides is 2. The lowest BCUT2D eigenvalue weighted by Crippen LogP contribution is -2.37. The van der Waals surface area contributed by atoms with Gasteiger partial charge in [-0.15, -0.1) is 0 Å². The maximum atomic E-state index is 12.6. The van der Waals surface area contributed by atoms with E-state index in [9.17, 15) is 22.8 Å². The van der Waals surface area contributed by atoms with Gasteiger partial charge in [-0.1, -0.05) is 6.08 Å². The van der Waals surface area contributed by atoms with Crippen LogP contribution < -0.4 is 5.32 Å². The predicted octanol–water partition coefficient (Wildman–Crippen LogP) is 4.36. The van der Waals surface area contributed by atoms with Gasteiger partial charge in [0.25, 0.3) is 11.8 Å². The molecule has 0 aromatic heterocycles. The van der Waals surface area contributed by atoms with Crippen LogP contribution in [0.1, 0.15) is 41.6 Å². The molecule has 144 valence electrons. The molecule has 0 saturated carbocycles. The lowest BCUT2D eigenvalue weighted by molar-refractivity contribution is -0.137. The zero-order valence-corrected chi connectivity index (χ0v) is 14.8. The summed E-state index contributed by atoms with van der Waals surface area (Å²) >= 11 is 0. The van der Waals surface area contributed by atoms with Gasteiger partial charge in [-0.2, -0.15) is 13.2 Å². The molecule has 7 heteroatoms. The highest BCUT2D eigenvalue weighted by Crippen LogP contribution is 2.38. The molecule has 0 radical (unpaired) electrons. The van der Waals surface area contributed by atoms with Crippen molar-refractivity contribution in [3.8, 4) is 0 Å². The first-order chi connectivity index (χ1) is 13.3. The minimum Gasteiger partial charge on any atom is -0.325 e. The molecule has 28 heavy (non-hydrogen) atoms. The van der Waals surface area contributed by atoms with Crippen LogP contribution in [0.15, 0.2) is 64.3 Å². The Bertz CT molecular complexity index is 966. The Morgan fingerprint density at radius 1 is 1.11 bits per heavy atom. The Morgan fingerprint density at radius 3 is 2.54 bits per heavy atom. The van der Waals surface area contributed by atoms with Gasteiger partial charge in [0, 0.05) is 22.8 Å². The quantitative estimate of drug-likeness (QED) is 0.780. The average molecular weight is 386 g/mol. The van der Waals surface area contributed by atoms with E-state index < -0.39 is 17.6 Å². The van der Waals surface area contributed by atoms with Gasteiger partial charge in [0.15, 0.2) is 0 Å². The third kappa shape index (κ3) is 3.44. The van der Waals surface area contributed by atoms with E-state index in [2.05, 4.69) is 10.3 Å². The number of hydrogen-bond acceptors (Lipinski definition) is 2. The molecular formula is C21H17F3N2O2. The summed E-state index contributed by atoms with van der Waals surface area (Å²) in [4.78, 5) is 28.6. The number of carbonyl (C=O) groups excluding carboxylic acids is 2. The van der Waals surface area contributed by atoms with Crippen LogP contribution in [0.2, 0.25) is 0 Å². The number of fused-ring (bicyclic) bond motifs is 2. The Kier molecular flexibility index (Phi) is 4.53. The second kappa shape index (κ2) is 6.89. The van der Waals surface area contributed by atoms with Crippen LogP contribution in [0.3, 0.4) is 0 Å². The van der Waals surface area contributed by atoms with Crippen molar-refractivity contribution < 1.29 is 22.8 Å².